The van der Waals surface area contributed by atoms with Crippen molar-refractivity contribution in [1.29, 1.82) is 5.26 Å². The summed E-state index contributed by atoms with van der Waals surface area (Å²) in [5.74, 6) is 1.12. The molecular formula is C17H21N5O2. The van der Waals surface area contributed by atoms with Crippen molar-refractivity contribution in [2.45, 2.75) is 19.3 Å². The summed E-state index contributed by atoms with van der Waals surface area (Å²) in [6.45, 7) is 2.37. The maximum absolute atomic E-state index is 12.2. The molecule has 1 atom stereocenters. The Balaban J connectivity index is 1.36. The number of pyridine rings is 1. The van der Waals surface area contributed by atoms with E-state index in [0.29, 0.717) is 43.4 Å². The van der Waals surface area contributed by atoms with Gasteiger partial charge in [0.25, 0.3) is 0 Å². The second kappa shape index (κ2) is 7.30. The number of aromatic nitrogens is 1. The molecule has 1 saturated heterocycles. The van der Waals surface area contributed by atoms with Crippen LogP contribution in [-0.4, -0.2) is 47.9 Å². The standard InChI is InChI=1S/C17H21N5O2/c18-8-13-3-4-15(21-9-13)19-5-6-20-17(24)14-7-16(23)22(11-14)10-12-1-2-12/h3-4,9,12,14H,1-2,5-7,10-11H2,(H,19,21)(H,20,24)/t14-/m1/s1. The minimum absolute atomic E-state index is 0.0590. The molecule has 2 aliphatic rings. The van der Waals surface area contributed by atoms with Gasteiger partial charge in [-0.15, -0.1) is 0 Å². The molecule has 0 unspecified atom stereocenters. The lowest BCUT2D eigenvalue weighted by atomic mass is 10.1. The van der Waals surface area contributed by atoms with Crippen molar-refractivity contribution in [3.8, 4) is 6.07 Å². The maximum Gasteiger partial charge on any atom is 0.225 e. The number of carbonyl (C=O) groups is 2. The molecule has 0 bridgehead atoms. The Labute approximate surface area is 141 Å². The molecule has 1 aliphatic heterocycles. The summed E-state index contributed by atoms with van der Waals surface area (Å²) < 4.78 is 0. The third-order valence-electron chi connectivity index (χ3n) is 4.38. The summed E-state index contributed by atoms with van der Waals surface area (Å²) in [4.78, 5) is 30.0. The van der Waals surface area contributed by atoms with Crippen LogP contribution in [0.3, 0.4) is 0 Å². The van der Waals surface area contributed by atoms with Crippen molar-refractivity contribution in [2.24, 2.45) is 11.8 Å². The van der Waals surface area contributed by atoms with Gasteiger partial charge in [-0.25, -0.2) is 4.98 Å². The summed E-state index contributed by atoms with van der Waals surface area (Å²) >= 11 is 0. The highest BCUT2D eigenvalue weighted by atomic mass is 16.2. The first-order valence-electron chi connectivity index (χ1n) is 8.31. The largest absolute Gasteiger partial charge is 0.368 e. The van der Waals surface area contributed by atoms with Crippen LogP contribution in [0, 0.1) is 23.2 Å². The molecule has 2 N–H and O–H groups in total. The predicted molar refractivity (Wildman–Crippen MR) is 87.9 cm³/mol. The van der Waals surface area contributed by atoms with Crippen LogP contribution in [0.1, 0.15) is 24.8 Å². The fourth-order valence-electron chi connectivity index (χ4n) is 2.82. The number of carbonyl (C=O) groups excluding carboxylic acids is 2. The van der Waals surface area contributed by atoms with Gasteiger partial charge in [-0.3, -0.25) is 9.59 Å². The Bertz CT molecular complexity index is 648. The molecule has 1 aromatic heterocycles. The number of amides is 2. The normalized spacial score (nSPS) is 19.9. The van der Waals surface area contributed by atoms with Crippen molar-refractivity contribution >= 4 is 17.6 Å². The van der Waals surface area contributed by atoms with Crippen LogP contribution in [0.4, 0.5) is 5.82 Å². The third kappa shape index (κ3) is 4.22. The second-order valence-corrected chi connectivity index (χ2v) is 6.40. The zero-order chi connectivity index (χ0) is 16.9. The molecular weight excluding hydrogens is 306 g/mol. The van der Waals surface area contributed by atoms with Gasteiger partial charge in [0.2, 0.25) is 11.8 Å². The Morgan fingerprint density at radius 3 is 2.88 bits per heavy atom. The fourth-order valence-corrected chi connectivity index (χ4v) is 2.82. The summed E-state index contributed by atoms with van der Waals surface area (Å²) in [5.41, 5.74) is 0.510. The van der Waals surface area contributed by atoms with Crippen molar-refractivity contribution < 1.29 is 9.59 Å². The third-order valence-corrected chi connectivity index (χ3v) is 4.38. The minimum atomic E-state index is -0.232. The summed E-state index contributed by atoms with van der Waals surface area (Å²) in [5, 5.41) is 14.7. The molecule has 0 aromatic carbocycles. The van der Waals surface area contributed by atoms with Crippen molar-refractivity contribution in [2.75, 3.05) is 31.5 Å². The van der Waals surface area contributed by atoms with E-state index in [4.69, 9.17) is 5.26 Å². The van der Waals surface area contributed by atoms with E-state index in [2.05, 4.69) is 15.6 Å². The first-order chi connectivity index (χ1) is 11.7. The molecule has 24 heavy (non-hydrogen) atoms. The molecule has 0 spiro atoms. The smallest absolute Gasteiger partial charge is 0.225 e. The topological polar surface area (TPSA) is 98.1 Å². The summed E-state index contributed by atoms with van der Waals surface area (Å²) in [6.07, 6.45) is 4.23. The second-order valence-electron chi connectivity index (χ2n) is 6.40. The van der Waals surface area contributed by atoms with E-state index in [9.17, 15) is 9.59 Å². The van der Waals surface area contributed by atoms with Crippen molar-refractivity contribution in [1.82, 2.24) is 15.2 Å². The molecule has 126 valence electrons. The van der Waals surface area contributed by atoms with Crippen LogP contribution in [0.2, 0.25) is 0 Å². The van der Waals surface area contributed by atoms with E-state index in [0.717, 1.165) is 6.54 Å². The minimum Gasteiger partial charge on any atom is -0.368 e. The Hall–Kier alpha value is -2.62. The monoisotopic (exact) mass is 327 g/mol. The molecule has 7 nitrogen and oxygen atoms in total. The lowest BCUT2D eigenvalue weighted by Gasteiger charge is -2.16. The van der Waals surface area contributed by atoms with Gasteiger partial charge < -0.3 is 15.5 Å². The number of hydrogen-bond donors (Lipinski definition) is 2. The van der Waals surface area contributed by atoms with Gasteiger partial charge >= 0.3 is 0 Å². The molecule has 1 aromatic rings. The van der Waals surface area contributed by atoms with Gasteiger partial charge in [-0.05, 0) is 30.9 Å². The van der Waals surface area contributed by atoms with Gasteiger partial charge in [-0.2, -0.15) is 5.26 Å². The van der Waals surface area contributed by atoms with Gasteiger partial charge in [-0.1, -0.05) is 0 Å². The van der Waals surface area contributed by atoms with E-state index < -0.39 is 0 Å². The molecule has 1 saturated carbocycles. The Kier molecular flexibility index (Phi) is 4.94. The fraction of sp³-hybridized carbons (Fsp3) is 0.529. The Morgan fingerprint density at radius 2 is 2.21 bits per heavy atom. The van der Waals surface area contributed by atoms with Gasteiger partial charge in [0.15, 0.2) is 0 Å². The van der Waals surface area contributed by atoms with Crippen LogP contribution in [0.15, 0.2) is 18.3 Å². The lowest BCUT2D eigenvalue weighted by molar-refractivity contribution is -0.129. The lowest BCUT2D eigenvalue weighted by Crippen LogP contribution is -2.36. The number of hydrogen-bond acceptors (Lipinski definition) is 5. The number of nitrogens with zero attached hydrogens (tertiary/aromatic N) is 3. The summed E-state index contributed by atoms with van der Waals surface area (Å²) in [7, 11) is 0. The van der Waals surface area contributed by atoms with Crippen molar-refractivity contribution in [3.63, 3.8) is 0 Å². The zero-order valence-corrected chi connectivity index (χ0v) is 13.5. The number of nitrogens with one attached hydrogen (secondary N) is 2. The maximum atomic E-state index is 12.2. The van der Waals surface area contributed by atoms with Crippen molar-refractivity contribution in [3.05, 3.63) is 23.9 Å². The van der Waals surface area contributed by atoms with Crippen LogP contribution in [-0.2, 0) is 9.59 Å². The van der Waals surface area contributed by atoms with E-state index in [1.807, 2.05) is 11.0 Å². The van der Waals surface area contributed by atoms with Crippen LogP contribution >= 0.6 is 0 Å². The highest BCUT2D eigenvalue weighted by Gasteiger charge is 2.36. The van der Waals surface area contributed by atoms with Gasteiger partial charge in [0, 0.05) is 38.8 Å². The molecule has 3 rings (SSSR count). The quantitative estimate of drug-likeness (QED) is 0.720. The molecule has 2 fully saturated rings. The predicted octanol–water partition coefficient (Wildman–Crippen LogP) is 0.740. The molecule has 0 radical (unpaired) electrons. The zero-order valence-electron chi connectivity index (χ0n) is 13.5. The molecule has 2 heterocycles. The molecule has 2 amide bonds. The van der Waals surface area contributed by atoms with Crippen LogP contribution in [0.5, 0.6) is 0 Å². The average Bonchev–Trinajstić information content (AvgIpc) is 3.34. The van der Waals surface area contributed by atoms with Gasteiger partial charge in [0.05, 0.1) is 11.5 Å². The Morgan fingerprint density at radius 1 is 1.38 bits per heavy atom. The number of nitriles is 1. The first kappa shape index (κ1) is 16.2. The van der Waals surface area contributed by atoms with Gasteiger partial charge in [0.1, 0.15) is 11.9 Å². The van der Waals surface area contributed by atoms with E-state index in [1.54, 1.807) is 12.1 Å². The van der Waals surface area contributed by atoms with Crippen LogP contribution in [0.25, 0.3) is 0 Å². The van der Waals surface area contributed by atoms with Crippen LogP contribution < -0.4 is 10.6 Å². The van der Waals surface area contributed by atoms with E-state index >= 15 is 0 Å². The molecule has 7 heteroatoms. The van der Waals surface area contributed by atoms with E-state index in [-0.39, 0.29) is 17.7 Å². The highest BCUT2D eigenvalue weighted by molar-refractivity contribution is 5.89. The number of likely N-dealkylation sites (tertiary alicyclic amines) is 1. The highest BCUT2D eigenvalue weighted by Crippen LogP contribution is 2.31. The summed E-state index contributed by atoms with van der Waals surface area (Å²) in [6, 6.07) is 5.43. The molecule has 1 aliphatic carbocycles. The first-order valence-corrected chi connectivity index (χ1v) is 8.31. The SMILES string of the molecule is N#Cc1ccc(NCCNC(=O)[C@@H]2CC(=O)N(CC3CC3)C2)nc1. The number of rotatable bonds is 7. The average molecular weight is 327 g/mol. The number of anilines is 1. The van der Waals surface area contributed by atoms with E-state index in [1.165, 1.54) is 19.0 Å².